The lowest BCUT2D eigenvalue weighted by atomic mass is 9.92. The lowest BCUT2D eigenvalue weighted by Crippen LogP contribution is -2.59. The third-order valence-corrected chi connectivity index (χ3v) is 2.37. The molecule has 0 spiro atoms. The van der Waals surface area contributed by atoms with Gasteiger partial charge >= 0.3 is 6.03 Å². The van der Waals surface area contributed by atoms with E-state index in [1.54, 1.807) is 20.8 Å². The second-order valence-corrected chi connectivity index (χ2v) is 3.87. The van der Waals surface area contributed by atoms with E-state index in [1.807, 2.05) is 0 Å². The van der Waals surface area contributed by atoms with Crippen molar-refractivity contribution in [2.75, 3.05) is 6.54 Å². The Bertz CT molecular complexity index is 390. The number of carbonyl (C=O) groups excluding carboxylic acids is 3. The number of amides is 4. The van der Waals surface area contributed by atoms with E-state index in [2.05, 4.69) is 17.2 Å². The summed E-state index contributed by atoms with van der Waals surface area (Å²) in [7, 11) is 0. The van der Waals surface area contributed by atoms with Crippen LogP contribution in [0.3, 0.4) is 0 Å². The molecule has 1 N–H and O–H groups in total. The summed E-state index contributed by atoms with van der Waals surface area (Å²) >= 11 is 0. The van der Waals surface area contributed by atoms with Crippen LogP contribution in [-0.2, 0) is 9.59 Å². The molecule has 1 unspecified atom stereocenters. The third kappa shape index (κ3) is 2.22. The molecule has 0 aromatic rings. The van der Waals surface area contributed by atoms with Gasteiger partial charge in [-0.05, 0) is 12.8 Å². The molecule has 1 fully saturated rings. The normalized spacial score (nSPS) is 20.6. The first kappa shape index (κ1) is 12.2. The number of nitrogens with one attached hydrogen (secondary N) is 1. The zero-order chi connectivity index (χ0) is 12.3. The topological polar surface area (TPSA) is 66.5 Å². The summed E-state index contributed by atoms with van der Waals surface area (Å²) in [6, 6.07) is -0.686. The molecule has 1 aliphatic heterocycles. The zero-order valence-electron chi connectivity index (χ0n) is 9.53. The van der Waals surface area contributed by atoms with Crippen LogP contribution < -0.4 is 5.32 Å². The van der Waals surface area contributed by atoms with Crippen LogP contribution in [0.5, 0.6) is 0 Å². The molecule has 0 aromatic carbocycles. The van der Waals surface area contributed by atoms with E-state index >= 15 is 0 Å². The molecule has 5 heteroatoms. The number of barbiturate groups is 1. The molecule has 0 radical (unpaired) electrons. The molecule has 0 saturated carbocycles. The van der Waals surface area contributed by atoms with E-state index in [1.165, 1.54) is 0 Å². The molecule has 86 valence electrons. The Kier molecular flexibility index (Phi) is 3.67. The van der Waals surface area contributed by atoms with E-state index in [0.717, 1.165) is 4.90 Å². The molecule has 1 heterocycles. The van der Waals surface area contributed by atoms with Gasteiger partial charge in [-0.3, -0.25) is 19.8 Å². The van der Waals surface area contributed by atoms with Crippen LogP contribution in [-0.4, -0.2) is 29.3 Å². The highest BCUT2D eigenvalue weighted by Gasteiger charge is 2.41. The Morgan fingerprint density at radius 3 is 2.50 bits per heavy atom. The summed E-state index contributed by atoms with van der Waals surface area (Å²) in [4.78, 5) is 35.7. The van der Waals surface area contributed by atoms with Crippen molar-refractivity contribution in [2.24, 2.45) is 11.8 Å². The Labute approximate surface area is 94.2 Å². The van der Waals surface area contributed by atoms with Crippen molar-refractivity contribution < 1.29 is 14.4 Å². The van der Waals surface area contributed by atoms with Crippen LogP contribution in [0, 0.1) is 23.7 Å². The van der Waals surface area contributed by atoms with Gasteiger partial charge in [0.1, 0.15) is 5.92 Å². The van der Waals surface area contributed by atoms with E-state index < -0.39 is 23.8 Å². The molecular formula is C11H14N2O3. The third-order valence-electron chi connectivity index (χ3n) is 2.37. The van der Waals surface area contributed by atoms with Gasteiger partial charge in [-0.2, -0.15) is 0 Å². The first-order chi connectivity index (χ1) is 7.49. The monoisotopic (exact) mass is 222 g/mol. The van der Waals surface area contributed by atoms with E-state index in [0.29, 0.717) is 0 Å². The minimum atomic E-state index is -0.795. The fraction of sp³-hybridized carbons (Fsp3) is 0.545. The van der Waals surface area contributed by atoms with Crippen LogP contribution in [0.25, 0.3) is 0 Å². The maximum absolute atomic E-state index is 11.9. The molecular weight excluding hydrogens is 208 g/mol. The van der Waals surface area contributed by atoms with Crippen LogP contribution in [0.15, 0.2) is 0 Å². The second-order valence-electron chi connectivity index (χ2n) is 3.87. The van der Waals surface area contributed by atoms with Gasteiger partial charge in [0.05, 0.1) is 6.54 Å². The fourth-order valence-electron chi connectivity index (χ4n) is 1.53. The van der Waals surface area contributed by atoms with Crippen molar-refractivity contribution in [1.29, 1.82) is 0 Å². The first-order valence-electron chi connectivity index (χ1n) is 5.04. The molecule has 0 aromatic heterocycles. The van der Waals surface area contributed by atoms with E-state index in [4.69, 9.17) is 0 Å². The predicted molar refractivity (Wildman–Crippen MR) is 57.0 cm³/mol. The average Bonchev–Trinajstić information content (AvgIpc) is 2.16. The molecule has 4 amide bonds. The summed E-state index contributed by atoms with van der Waals surface area (Å²) in [6.07, 6.45) is 0. The molecule has 1 rings (SSSR count). The van der Waals surface area contributed by atoms with Gasteiger partial charge < -0.3 is 0 Å². The minimum Gasteiger partial charge on any atom is -0.277 e. The Morgan fingerprint density at radius 1 is 1.38 bits per heavy atom. The minimum absolute atomic E-state index is 0.0255. The van der Waals surface area contributed by atoms with Gasteiger partial charge in [0, 0.05) is 0 Å². The van der Waals surface area contributed by atoms with Crippen molar-refractivity contribution >= 4 is 17.8 Å². The zero-order valence-corrected chi connectivity index (χ0v) is 9.53. The molecule has 0 bridgehead atoms. The number of hydrogen-bond acceptors (Lipinski definition) is 3. The molecule has 1 saturated heterocycles. The maximum Gasteiger partial charge on any atom is 0.331 e. The Morgan fingerprint density at radius 2 is 2.00 bits per heavy atom. The van der Waals surface area contributed by atoms with Gasteiger partial charge in [0.15, 0.2) is 0 Å². The highest BCUT2D eigenvalue weighted by atomic mass is 16.2. The van der Waals surface area contributed by atoms with Gasteiger partial charge in [-0.15, -0.1) is 5.92 Å². The average molecular weight is 222 g/mol. The van der Waals surface area contributed by atoms with Gasteiger partial charge in [0.2, 0.25) is 11.8 Å². The van der Waals surface area contributed by atoms with E-state index in [-0.39, 0.29) is 12.5 Å². The first-order valence-corrected chi connectivity index (χ1v) is 5.04. The highest BCUT2D eigenvalue weighted by Crippen LogP contribution is 2.18. The van der Waals surface area contributed by atoms with E-state index in [9.17, 15) is 14.4 Å². The summed E-state index contributed by atoms with van der Waals surface area (Å²) in [6.45, 7) is 5.18. The largest absolute Gasteiger partial charge is 0.331 e. The van der Waals surface area contributed by atoms with Crippen LogP contribution >= 0.6 is 0 Å². The van der Waals surface area contributed by atoms with Crippen molar-refractivity contribution in [1.82, 2.24) is 10.2 Å². The van der Waals surface area contributed by atoms with Crippen molar-refractivity contribution in [3.05, 3.63) is 0 Å². The van der Waals surface area contributed by atoms with Gasteiger partial charge in [-0.25, -0.2) is 4.79 Å². The molecule has 1 atom stereocenters. The molecule has 0 aliphatic carbocycles. The van der Waals surface area contributed by atoms with Crippen molar-refractivity contribution in [3.8, 4) is 11.8 Å². The maximum atomic E-state index is 11.9. The van der Waals surface area contributed by atoms with Crippen molar-refractivity contribution in [2.45, 2.75) is 20.8 Å². The second kappa shape index (κ2) is 4.79. The van der Waals surface area contributed by atoms with Gasteiger partial charge in [0.25, 0.3) is 0 Å². The molecule has 1 aliphatic rings. The summed E-state index contributed by atoms with van der Waals surface area (Å²) in [5, 5.41) is 2.16. The number of hydrogen-bond donors (Lipinski definition) is 1. The number of urea groups is 1. The fourth-order valence-corrected chi connectivity index (χ4v) is 1.53. The number of nitrogens with zero attached hydrogens (tertiary/aromatic N) is 1. The smallest absolute Gasteiger partial charge is 0.277 e. The lowest BCUT2D eigenvalue weighted by molar-refractivity contribution is -0.144. The van der Waals surface area contributed by atoms with Gasteiger partial charge in [-0.1, -0.05) is 19.8 Å². The molecule has 16 heavy (non-hydrogen) atoms. The highest BCUT2D eigenvalue weighted by molar-refractivity contribution is 6.16. The van der Waals surface area contributed by atoms with Crippen LogP contribution in [0.2, 0.25) is 0 Å². The lowest BCUT2D eigenvalue weighted by Gasteiger charge is -2.30. The quantitative estimate of drug-likeness (QED) is 0.542. The van der Waals surface area contributed by atoms with Crippen LogP contribution in [0.1, 0.15) is 20.8 Å². The Balaban J connectivity index is 2.92. The molecule has 5 nitrogen and oxygen atoms in total. The Hall–Kier alpha value is -1.83. The number of rotatable bonds is 2. The predicted octanol–water partition coefficient (Wildman–Crippen LogP) is 0.360. The van der Waals surface area contributed by atoms with Crippen LogP contribution in [0.4, 0.5) is 4.79 Å². The summed E-state index contributed by atoms with van der Waals surface area (Å²) in [5.74, 6) is 3.31. The van der Waals surface area contributed by atoms with Crippen molar-refractivity contribution in [3.63, 3.8) is 0 Å². The standard InChI is InChI=1S/C11H14N2O3/c1-4-5-6-13-10(15)8(7(2)3)9(14)12-11(13)16/h7-8H,6H2,1-3H3,(H,12,14,16). The summed E-state index contributed by atoms with van der Waals surface area (Å²) in [5.41, 5.74) is 0. The SMILES string of the molecule is CC#CCN1C(=O)NC(=O)C(C(C)C)C1=O. The number of imide groups is 2. The summed E-state index contributed by atoms with van der Waals surface area (Å²) < 4.78 is 0. The number of carbonyl (C=O) groups is 3.